The first-order chi connectivity index (χ1) is 15.5. The number of carbonyl (C=O) groups is 1. The molecule has 168 valence electrons. The van der Waals surface area contributed by atoms with Crippen molar-refractivity contribution in [2.24, 2.45) is 5.73 Å². The third kappa shape index (κ3) is 5.80. The lowest BCUT2D eigenvalue weighted by molar-refractivity contribution is -0.117. The highest BCUT2D eigenvalue weighted by Crippen LogP contribution is 2.35. The lowest BCUT2D eigenvalue weighted by atomic mass is 9.97. The van der Waals surface area contributed by atoms with Crippen molar-refractivity contribution in [3.8, 4) is 28.4 Å². The van der Waals surface area contributed by atoms with Crippen molar-refractivity contribution in [3.05, 3.63) is 77.4 Å². The molecule has 1 amide bonds. The zero-order chi connectivity index (χ0) is 22.9. The molecule has 3 rings (SSSR count). The van der Waals surface area contributed by atoms with Gasteiger partial charge in [0.25, 0.3) is 0 Å². The fraction of sp³-hybridized carbons (Fsp3) is 0.269. The van der Waals surface area contributed by atoms with Crippen LogP contribution in [-0.2, 0) is 17.9 Å². The standard InChI is InChI=1S/C26H30N2O4/c1-18-20(10-7-11-22(18)19-8-5-4-6-9-19)17-32-21-14-24(30-2)23(25(15-21)31-3)16-28-13-12-26(27)29/h4-11,14-15,28H,12-13,16-17H2,1-3H3,(H2,27,29). The molecule has 0 bridgehead atoms. The largest absolute Gasteiger partial charge is 0.496 e. The van der Waals surface area contributed by atoms with Gasteiger partial charge in [-0.2, -0.15) is 0 Å². The molecule has 0 aliphatic carbocycles. The van der Waals surface area contributed by atoms with E-state index in [1.807, 2.05) is 30.3 Å². The SMILES string of the molecule is COc1cc(OCc2cccc(-c3ccccc3)c2C)cc(OC)c1CNCCC(N)=O. The maximum absolute atomic E-state index is 10.9. The minimum atomic E-state index is -0.341. The monoisotopic (exact) mass is 434 g/mol. The van der Waals surface area contributed by atoms with Crippen LogP contribution in [0.1, 0.15) is 23.1 Å². The Hall–Kier alpha value is -3.51. The molecule has 0 unspecified atom stereocenters. The lowest BCUT2D eigenvalue weighted by Crippen LogP contribution is -2.22. The van der Waals surface area contributed by atoms with Gasteiger partial charge < -0.3 is 25.3 Å². The molecule has 0 radical (unpaired) electrons. The molecule has 0 aromatic heterocycles. The summed E-state index contributed by atoms with van der Waals surface area (Å²) in [5, 5.41) is 3.19. The molecule has 0 saturated carbocycles. The highest BCUT2D eigenvalue weighted by molar-refractivity contribution is 5.73. The summed E-state index contributed by atoms with van der Waals surface area (Å²) in [4.78, 5) is 10.9. The van der Waals surface area contributed by atoms with E-state index in [4.69, 9.17) is 19.9 Å². The molecule has 0 aliphatic rings. The Morgan fingerprint density at radius 2 is 1.66 bits per heavy atom. The maximum Gasteiger partial charge on any atom is 0.218 e. The van der Waals surface area contributed by atoms with E-state index >= 15 is 0 Å². The predicted octanol–water partition coefficient (Wildman–Crippen LogP) is 4.22. The molecule has 6 nitrogen and oxygen atoms in total. The highest BCUT2D eigenvalue weighted by Gasteiger charge is 2.14. The number of hydrogen-bond donors (Lipinski definition) is 2. The van der Waals surface area contributed by atoms with E-state index in [0.717, 1.165) is 11.1 Å². The molecule has 0 spiro atoms. The van der Waals surface area contributed by atoms with Crippen LogP contribution in [0.4, 0.5) is 0 Å². The second kappa shape index (κ2) is 11.2. The number of rotatable bonds is 11. The van der Waals surface area contributed by atoms with Crippen LogP contribution in [0.5, 0.6) is 17.2 Å². The number of amides is 1. The van der Waals surface area contributed by atoms with Crippen LogP contribution in [-0.4, -0.2) is 26.7 Å². The molecule has 32 heavy (non-hydrogen) atoms. The van der Waals surface area contributed by atoms with Gasteiger partial charge >= 0.3 is 0 Å². The number of primary amides is 1. The molecule has 6 heteroatoms. The number of benzene rings is 3. The summed E-state index contributed by atoms with van der Waals surface area (Å²) in [7, 11) is 3.22. The molecule has 0 saturated heterocycles. The fourth-order valence-electron chi connectivity index (χ4n) is 3.57. The van der Waals surface area contributed by atoms with E-state index < -0.39 is 0 Å². The second-order valence-corrected chi connectivity index (χ2v) is 7.44. The van der Waals surface area contributed by atoms with E-state index in [1.165, 1.54) is 16.7 Å². The maximum atomic E-state index is 10.9. The minimum absolute atomic E-state index is 0.271. The van der Waals surface area contributed by atoms with Crippen molar-refractivity contribution < 1.29 is 19.0 Å². The van der Waals surface area contributed by atoms with Gasteiger partial charge in [-0.15, -0.1) is 0 Å². The van der Waals surface area contributed by atoms with Crippen molar-refractivity contribution in [2.75, 3.05) is 20.8 Å². The van der Waals surface area contributed by atoms with Gasteiger partial charge in [0.2, 0.25) is 5.91 Å². The average molecular weight is 435 g/mol. The zero-order valence-corrected chi connectivity index (χ0v) is 18.8. The summed E-state index contributed by atoms with van der Waals surface area (Å²) in [5.41, 5.74) is 10.7. The van der Waals surface area contributed by atoms with Gasteiger partial charge in [0.15, 0.2) is 0 Å². The van der Waals surface area contributed by atoms with Crippen LogP contribution in [0, 0.1) is 6.92 Å². The van der Waals surface area contributed by atoms with E-state index in [-0.39, 0.29) is 12.3 Å². The average Bonchev–Trinajstić information content (AvgIpc) is 2.81. The van der Waals surface area contributed by atoms with Crippen molar-refractivity contribution in [3.63, 3.8) is 0 Å². The second-order valence-electron chi connectivity index (χ2n) is 7.44. The van der Waals surface area contributed by atoms with Gasteiger partial charge in [-0.3, -0.25) is 4.79 Å². The summed E-state index contributed by atoms with van der Waals surface area (Å²) >= 11 is 0. The number of methoxy groups -OCH3 is 2. The first-order valence-corrected chi connectivity index (χ1v) is 10.5. The molecular formula is C26H30N2O4. The minimum Gasteiger partial charge on any atom is -0.496 e. The molecular weight excluding hydrogens is 404 g/mol. The smallest absolute Gasteiger partial charge is 0.218 e. The number of carbonyl (C=O) groups excluding carboxylic acids is 1. The Balaban J connectivity index is 1.76. The quantitative estimate of drug-likeness (QED) is 0.442. The summed E-state index contributed by atoms with van der Waals surface area (Å²) in [5.74, 6) is 1.62. The van der Waals surface area contributed by atoms with Crippen LogP contribution in [0.15, 0.2) is 60.7 Å². The van der Waals surface area contributed by atoms with Gasteiger partial charge in [-0.1, -0.05) is 48.5 Å². The summed E-state index contributed by atoms with van der Waals surface area (Å²) in [6.45, 7) is 3.51. The summed E-state index contributed by atoms with van der Waals surface area (Å²) in [6, 6.07) is 20.3. The molecule has 0 fully saturated rings. The van der Waals surface area contributed by atoms with E-state index in [2.05, 4.69) is 42.6 Å². The van der Waals surface area contributed by atoms with Crippen LogP contribution in [0.3, 0.4) is 0 Å². The number of nitrogens with two attached hydrogens (primary N) is 1. The first-order valence-electron chi connectivity index (χ1n) is 10.5. The van der Waals surface area contributed by atoms with Crippen molar-refractivity contribution >= 4 is 5.91 Å². The Kier molecular flexibility index (Phi) is 8.11. The van der Waals surface area contributed by atoms with Crippen molar-refractivity contribution in [1.82, 2.24) is 5.32 Å². The van der Waals surface area contributed by atoms with Crippen LogP contribution in [0.2, 0.25) is 0 Å². The van der Waals surface area contributed by atoms with Crippen LogP contribution >= 0.6 is 0 Å². The van der Waals surface area contributed by atoms with Gasteiger partial charge in [0.05, 0.1) is 19.8 Å². The Bertz CT molecular complexity index is 1030. The third-order valence-corrected chi connectivity index (χ3v) is 5.36. The molecule has 3 N–H and O–H groups in total. The van der Waals surface area contributed by atoms with Crippen molar-refractivity contribution in [1.29, 1.82) is 0 Å². The molecule has 0 aliphatic heterocycles. The van der Waals surface area contributed by atoms with Gasteiger partial charge in [0.1, 0.15) is 23.9 Å². The topological polar surface area (TPSA) is 82.8 Å². The lowest BCUT2D eigenvalue weighted by Gasteiger charge is -2.17. The highest BCUT2D eigenvalue weighted by atomic mass is 16.5. The van der Waals surface area contributed by atoms with E-state index in [1.54, 1.807) is 14.2 Å². The van der Waals surface area contributed by atoms with Crippen LogP contribution < -0.4 is 25.3 Å². The Labute approximate surface area is 189 Å². The van der Waals surface area contributed by atoms with Gasteiger partial charge in [-0.05, 0) is 29.2 Å². The zero-order valence-electron chi connectivity index (χ0n) is 18.8. The number of hydrogen-bond acceptors (Lipinski definition) is 5. The van der Waals surface area contributed by atoms with Crippen LogP contribution in [0.25, 0.3) is 11.1 Å². The van der Waals surface area contributed by atoms with Gasteiger partial charge in [0, 0.05) is 31.6 Å². The van der Waals surface area contributed by atoms with Gasteiger partial charge in [-0.25, -0.2) is 0 Å². The molecule has 0 atom stereocenters. The fourth-order valence-corrected chi connectivity index (χ4v) is 3.57. The first kappa shape index (κ1) is 23.2. The third-order valence-electron chi connectivity index (χ3n) is 5.36. The van der Waals surface area contributed by atoms with E-state index in [9.17, 15) is 4.79 Å². The summed E-state index contributed by atoms with van der Waals surface area (Å²) in [6.07, 6.45) is 0.271. The molecule has 3 aromatic carbocycles. The molecule has 0 heterocycles. The van der Waals surface area contributed by atoms with Crippen molar-refractivity contribution in [2.45, 2.75) is 26.5 Å². The predicted molar refractivity (Wildman–Crippen MR) is 126 cm³/mol. The normalized spacial score (nSPS) is 10.6. The Morgan fingerprint density at radius 1 is 0.969 bits per heavy atom. The van der Waals surface area contributed by atoms with E-state index in [0.29, 0.717) is 36.9 Å². The Morgan fingerprint density at radius 3 is 2.28 bits per heavy atom. The molecule has 3 aromatic rings. The number of nitrogens with one attached hydrogen (secondary N) is 1. The number of ether oxygens (including phenoxy) is 3. The summed E-state index contributed by atoms with van der Waals surface area (Å²) < 4.78 is 17.3.